The standard InChI is InChI=1S/C20H22N2O2/c1-4-18-19(23-2)11-15(12-20(18)24-3)10-16(13-21)14-22-17-8-6-5-7-9-17/h5-9,11-12,14,22H,4,10H2,1-3H3. The second-order valence-corrected chi connectivity index (χ2v) is 5.30. The number of allylic oxidation sites excluding steroid dienone is 1. The van der Waals surface area contributed by atoms with Crippen LogP contribution >= 0.6 is 0 Å². The molecular formula is C20H22N2O2. The summed E-state index contributed by atoms with van der Waals surface area (Å²) >= 11 is 0. The first-order valence-corrected chi connectivity index (χ1v) is 7.86. The van der Waals surface area contributed by atoms with Crippen molar-refractivity contribution in [2.75, 3.05) is 19.5 Å². The number of hydrogen-bond donors (Lipinski definition) is 1. The van der Waals surface area contributed by atoms with E-state index < -0.39 is 0 Å². The molecule has 4 heteroatoms. The van der Waals surface area contributed by atoms with Crippen LogP contribution in [-0.2, 0) is 12.8 Å². The molecule has 0 amide bonds. The largest absolute Gasteiger partial charge is 0.496 e. The van der Waals surface area contributed by atoms with E-state index in [9.17, 15) is 5.26 Å². The Bertz CT molecular complexity index is 721. The Kier molecular flexibility index (Phi) is 6.27. The van der Waals surface area contributed by atoms with E-state index in [4.69, 9.17) is 9.47 Å². The number of para-hydroxylation sites is 1. The minimum atomic E-state index is 0.507. The second-order valence-electron chi connectivity index (χ2n) is 5.30. The molecule has 1 N–H and O–H groups in total. The first-order valence-electron chi connectivity index (χ1n) is 7.86. The van der Waals surface area contributed by atoms with Crippen LogP contribution in [0.2, 0.25) is 0 Å². The van der Waals surface area contributed by atoms with Crippen molar-refractivity contribution in [2.24, 2.45) is 0 Å². The molecule has 0 atom stereocenters. The number of hydrogen-bond acceptors (Lipinski definition) is 4. The number of ether oxygens (including phenoxy) is 2. The summed E-state index contributed by atoms with van der Waals surface area (Å²) in [6.45, 7) is 2.06. The fourth-order valence-electron chi connectivity index (χ4n) is 2.54. The van der Waals surface area contributed by atoms with Crippen molar-refractivity contribution in [2.45, 2.75) is 19.8 Å². The third-order valence-corrected chi connectivity index (χ3v) is 3.75. The SMILES string of the molecule is CCc1c(OC)cc(CC(C#N)=CNc2ccccc2)cc1OC. The average Bonchev–Trinajstić information content (AvgIpc) is 2.64. The van der Waals surface area contributed by atoms with Gasteiger partial charge in [0.1, 0.15) is 11.5 Å². The van der Waals surface area contributed by atoms with Gasteiger partial charge in [0.25, 0.3) is 0 Å². The Morgan fingerprint density at radius 2 is 1.75 bits per heavy atom. The van der Waals surface area contributed by atoms with E-state index in [0.717, 1.165) is 34.7 Å². The Balaban J connectivity index is 2.23. The third-order valence-electron chi connectivity index (χ3n) is 3.75. The van der Waals surface area contributed by atoms with Gasteiger partial charge in [0, 0.05) is 29.4 Å². The highest BCUT2D eigenvalue weighted by atomic mass is 16.5. The maximum atomic E-state index is 9.40. The highest BCUT2D eigenvalue weighted by molar-refractivity contribution is 5.51. The predicted octanol–water partition coefficient (Wildman–Crippen LogP) is 4.33. The van der Waals surface area contributed by atoms with Gasteiger partial charge < -0.3 is 14.8 Å². The molecule has 2 rings (SSSR count). The van der Waals surface area contributed by atoms with Gasteiger partial charge in [-0.25, -0.2) is 0 Å². The van der Waals surface area contributed by atoms with Crippen molar-refractivity contribution in [3.8, 4) is 17.6 Å². The number of nitrogens with one attached hydrogen (secondary N) is 1. The molecule has 0 heterocycles. The van der Waals surface area contributed by atoms with E-state index in [-0.39, 0.29) is 0 Å². The molecule has 0 unspecified atom stereocenters. The molecule has 0 aliphatic rings. The van der Waals surface area contributed by atoms with Crippen LogP contribution in [0.5, 0.6) is 11.5 Å². The maximum Gasteiger partial charge on any atom is 0.126 e. The molecule has 0 aliphatic carbocycles. The highest BCUT2D eigenvalue weighted by Gasteiger charge is 2.12. The molecule has 0 spiro atoms. The Morgan fingerprint density at radius 3 is 2.25 bits per heavy atom. The summed E-state index contributed by atoms with van der Waals surface area (Å²) in [4.78, 5) is 0. The molecule has 0 bridgehead atoms. The summed E-state index contributed by atoms with van der Waals surface area (Å²) in [6.07, 6.45) is 3.07. The van der Waals surface area contributed by atoms with Gasteiger partial charge in [-0.2, -0.15) is 5.26 Å². The molecule has 2 aromatic carbocycles. The van der Waals surface area contributed by atoms with Gasteiger partial charge in [-0.1, -0.05) is 25.1 Å². The summed E-state index contributed by atoms with van der Waals surface area (Å²) in [5.74, 6) is 1.58. The molecule has 2 aromatic rings. The van der Waals surface area contributed by atoms with Gasteiger partial charge in [0.15, 0.2) is 0 Å². The first kappa shape index (κ1) is 17.4. The lowest BCUT2D eigenvalue weighted by Crippen LogP contribution is -2.00. The molecule has 24 heavy (non-hydrogen) atoms. The van der Waals surface area contributed by atoms with Crippen LogP contribution in [0.4, 0.5) is 5.69 Å². The zero-order valence-electron chi connectivity index (χ0n) is 14.3. The van der Waals surface area contributed by atoms with Crippen molar-refractivity contribution >= 4 is 5.69 Å². The van der Waals surface area contributed by atoms with Crippen LogP contribution in [0.25, 0.3) is 0 Å². The van der Waals surface area contributed by atoms with E-state index in [1.165, 1.54) is 0 Å². The normalized spacial score (nSPS) is 10.8. The molecule has 0 saturated carbocycles. The zero-order valence-corrected chi connectivity index (χ0v) is 14.3. The van der Waals surface area contributed by atoms with Crippen molar-refractivity contribution < 1.29 is 9.47 Å². The van der Waals surface area contributed by atoms with Crippen LogP contribution in [-0.4, -0.2) is 14.2 Å². The van der Waals surface area contributed by atoms with Crippen molar-refractivity contribution in [1.29, 1.82) is 5.26 Å². The molecule has 0 aliphatic heterocycles. The fourth-order valence-corrected chi connectivity index (χ4v) is 2.54. The number of nitriles is 1. The molecule has 0 aromatic heterocycles. The first-order chi connectivity index (χ1) is 11.7. The Morgan fingerprint density at radius 1 is 1.12 bits per heavy atom. The minimum Gasteiger partial charge on any atom is -0.496 e. The van der Waals surface area contributed by atoms with E-state index in [2.05, 4.69) is 18.3 Å². The van der Waals surface area contributed by atoms with Crippen LogP contribution in [0.15, 0.2) is 54.2 Å². The lowest BCUT2D eigenvalue weighted by Gasteiger charge is -2.14. The Hall–Kier alpha value is -2.93. The van der Waals surface area contributed by atoms with Gasteiger partial charge >= 0.3 is 0 Å². The maximum absolute atomic E-state index is 9.40. The van der Waals surface area contributed by atoms with E-state index in [1.807, 2.05) is 42.5 Å². The minimum absolute atomic E-state index is 0.507. The van der Waals surface area contributed by atoms with Crippen LogP contribution in [0.1, 0.15) is 18.1 Å². The number of methoxy groups -OCH3 is 2. The van der Waals surface area contributed by atoms with Crippen molar-refractivity contribution in [1.82, 2.24) is 0 Å². The molecular weight excluding hydrogens is 300 g/mol. The lowest BCUT2D eigenvalue weighted by molar-refractivity contribution is 0.385. The van der Waals surface area contributed by atoms with Crippen molar-refractivity contribution in [3.05, 3.63) is 65.4 Å². The molecule has 0 saturated heterocycles. The van der Waals surface area contributed by atoms with Gasteiger partial charge in [-0.15, -0.1) is 0 Å². The lowest BCUT2D eigenvalue weighted by atomic mass is 10.0. The quantitative estimate of drug-likeness (QED) is 0.771. The molecule has 0 fully saturated rings. The summed E-state index contributed by atoms with van der Waals surface area (Å²) < 4.78 is 10.9. The zero-order chi connectivity index (χ0) is 17.4. The van der Waals surface area contributed by atoms with E-state index >= 15 is 0 Å². The van der Waals surface area contributed by atoms with Crippen LogP contribution in [0, 0.1) is 11.3 Å². The monoisotopic (exact) mass is 322 g/mol. The number of anilines is 1. The van der Waals surface area contributed by atoms with Gasteiger partial charge in [0.2, 0.25) is 0 Å². The van der Waals surface area contributed by atoms with Crippen LogP contribution in [0.3, 0.4) is 0 Å². The third kappa shape index (κ3) is 4.30. The summed E-state index contributed by atoms with van der Waals surface area (Å²) in [6, 6.07) is 15.9. The Labute approximate surface area is 143 Å². The van der Waals surface area contributed by atoms with E-state index in [1.54, 1.807) is 20.4 Å². The molecule has 0 radical (unpaired) electrons. The molecule has 124 valence electrons. The highest BCUT2D eigenvalue weighted by Crippen LogP contribution is 2.31. The summed E-state index contributed by atoms with van der Waals surface area (Å²) in [7, 11) is 3.30. The average molecular weight is 322 g/mol. The summed E-state index contributed by atoms with van der Waals surface area (Å²) in [5.41, 5.74) is 3.59. The smallest absolute Gasteiger partial charge is 0.126 e. The number of rotatable bonds is 7. The number of benzene rings is 2. The topological polar surface area (TPSA) is 54.3 Å². The second kappa shape index (κ2) is 8.64. The van der Waals surface area contributed by atoms with E-state index in [0.29, 0.717) is 12.0 Å². The van der Waals surface area contributed by atoms with Crippen molar-refractivity contribution in [3.63, 3.8) is 0 Å². The van der Waals surface area contributed by atoms with Gasteiger partial charge in [0.05, 0.1) is 20.3 Å². The fraction of sp³-hybridized carbons (Fsp3) is 0.250. The van der Waals surface area contributed by atoms with Gasteiger partial charge in [-0.3, -0.25) is 0 Å². The van der Waals surface area contributed by atoms with Gasteiger partial charge in [-0.05, 0) is 36.2 Å². The van der Waals surface area contributed by atoms with Crippen LogP contribution < -0.4 is 14.8 Å². The predicted molar refractivity (Wildman–Crippen MR) is 96.4 cm³/mol. The molecule has 4 nitrogen and oxygen atoms in total. The number of nitrogens with zero attached hydrogens (tertiary/aromatic N) is 1. The summed E-state index contributed by atoms with van der Waals surface area (Å²) in [5, 5.41) is 12.5.